The van der Waals surface area contributed by atoms with Gasteiger partial charge in [0.1, 0.15) is 0 Å². The Morgan fingerprint density at radius 3 is 2.37 bits per heavy atom. The molecule has 1 aromatic carbocycles. The van der Waals surface area contributed by atoms with Crippen molar-refractivity contribution >= 4 is 23.5 Å². The Morgan fingerprint density at radius 2 is 1.78 bits per heavy atom. The third kappa shape index (κ3) is 6.09. The molecule has 27 heavy (non-hydrogen) atoms. The van der Waals surface area contributed by atoms with Crippen molar-refractivity contribution in [1.29, 1.82) is 0 Å². The Labute approximate surface area is 158 Å². The number of carbonyl (C=O) groups excluding carboxylic acids is 2. The number of allylic oxidation sites excluding steroid dienone is 3. The number of nitrogens with two attached hydrogens (primary N) is 2. The minimum Gasteiger partial charge on any atom is -0.404 e. The fourth-order valence-electron chi connectivity index (χ4n) is 2.32. The van der Waals surface area contributed by atoms with Gasteiger partial charge in [0.2, 0.25) is 0 Å². The summed E-state index contributed by atoms with van der Waals surface area (Å²) in [5.74, 6) is -0.382. The van der Waals surface area contributed by atoms with Gasteiger partial charge in [-0.25, -0.2) is 0 Å². The van der Waals surface area contributed by atoms with E-state index >= 15 is 0 Å². The van der Waals surface area contributed by atoms with Crippen molar-refractivity contribution in [3.63, 3.8) is 0 Å². The van der Waals surface area contributed by atoms with Gasteiger partial charge in [-0.15, -0.1) is 0 Å². The fraction of sp³-hybridized carbons (Fsp3) is 0.150. The SMILES string of the molecule is NC=C(C=C(C=O)NC(=O)c1ccc(NCCCN)cc1)c1ccncc1. The van der Waals surface area contributed by atoms with Crippen LogP contribution >= 0.6 is 0 Å². The van der Waals surface area contributed by atoms with Crippen LogP contribution in [-0.2, 0) is 4.79 Å². The summed E-state index contributed by atoms with van der Waals surface area (Å²) in [7, 11) is 0. The Bertz CT molecular complexity index is 814. The number of anilines is 1. The van der Waals surface area contributed by atoms with Crippen LogP contribution in [0.1, 0.15) is 22.3 Å². The average molecular weight is 365 g/mol. The van der Waals surface area contributed by atoms with Crippen molar-refractivity contribution in [2.75, 3.05) is 18.4 Å². The van der Waals surface area contributed by atoms with E-state index in [4.69, 9.17) is 11.5 Å². The number of nitrogens with zero attached hydrogens (tertiary/aromatic N) is 1. The van der Waals surface area contributed by atoms with E-state index in [1.54, 1.807) is 48.8 Å². The Morgan fingerprint density at radius 1 is 1.07 bits per heavy atom. The molecular formula is C20H23N5O2. The van der Waals surface area contributed by atoms with Crippen molar-refractivity contribution in [3.8, 4) is 0 Å². The summed E-state index contributed by atoms with van der Waals surface area (Å²) in [5, 5.41) is 5.80. The average Bonchev–Trinajstić information content (AvgIpc) is 2.72. The van der Waals surface area contributed by atoms with Gasteiger partial charge >= 0.3 is 0 Å². The van der Waals surface area contributed by atoms with Gasteiger partial charge in [-0.3, -0.25) is 14.6 Å². The van der Waals surface area contributed by atoms with E-state index in [1.807, 2.05) is 0 Å². The Balaban J connectivity index is 2.07. The highest BCUT2D eigenvalue weighted by atomic mass is 16.2. The third-order valence-electron chi connectivity index (χ3n) is 3.75. The van der Waals surface area contributed by atoms with Crippen LogP contribution in [0.5, 0.6) is 0 Å². The van der Waals surface area contributed by atoms with E-state index in [9.17, 15) is 9.59 Å². The van der Waals surface area contributed by atoms with Crippen LogP contribution in [0.15, 0.2) is 66.8 Å². The molecule has 0 spiro atoms. The second-order valence-corrected chi connectivity index (χ2v) is 5.68. The first kappa shape index (κ1) is 19.9. The van der Waals surface area contributed by atoms with E-state index in [1.165, 1.54) is 12.3 Å². The second-order valence-electron chi connectivity index (χ2n) is 5.68. The van der Waals surface area contributed by atoms with Gasteiger partial charge in [0.15, 0.2) is 6.29 Å². The van der Waals surface area contributed by atoms with Crippen LogP contribution in [0.2, 0.25) is 0 Å². The standard InChI is InChI=1S/C20H23N5O2/c21-8-1-9-24-18-4-2-16(3-5-18)20(27)25-19(14-26)12-17(13-22)15-6-10-23-11-7-15/h2-7,10-14,24H,1,8-9,21-22H2,(H,25,27). The number of hydrogen-bond donors (Lipinski definition) is 4. The molecule has 0 radical (unpaired) electrons. The molecule has 0 fully saturated rings. The lowest BCUT2D eigenvalue weighted by molar-refractivity contribution is -0.105. The lowest BCUT2D eigenvalue weighted by Gasteiger charge is -2.08. The molecule has 1 aromatic heterocycles. The van der Waals surface area contributed by atoms with Crippen LogP contribution < -0.4 is 22.1 Å². The summed E-state index contributed by atoms with van der Waals surface area (Å²) < 4.78 is 0. The lowest BCUT2D eigenvalue weighted by Crippen LogP contribution is -2.23. The first-order valence-corrected chi connectivity index (χ1v) is 8.52. The van der Waals surface area contributed by atoms with Crippen LogP contribution in [0.25, 0.3) is 5.57 Å². The molecule has 6 N–H and O–H groups in total. The minimum atomic E-state index is -0.382. The number of carbonyl (C=O) groups is 2. The summed E-state index contributed by atoms with van der Waals surface area (Å²) in [5.41, 5.74) is 13.9. The highest BCUT2D eigenvalue weighted by Crippen LogP contribution is 2.15. The Kier molecular flexibility index (Phi) is 7.74. The zero-order valence-electron chi connectivity index (χ0n) is 14.9. The van der Waals surface area contributed by atoms with Crippen molar-refractivity contribution in [1.82, 2.24) is 10.3 Å². The quantitative estimate of drug-likeness (QED) is 0.232. The van der Waals surface area contributed by atoms with Gasteiger partial charge in [-0.05, 0) is 66.6 Å². The molecule has 0 aliphatic heterocycles. The largest absolute Gasteiger partial charge is 0.404 e. The first-order valence-electron chi connectivity index (χ1n) is 8.52. The van der Waals surface area contributed by atoms with Crippen molar-refractivity contribution in [3.05, 3.63) is 77.9 Å². The lowest BCUT2D eigenvalue weighted by atomic mass is 10.1. The third-order valence-corrected chi connectivity index (χ3v) is 3.75. The Hall–Kier alpha value is -3.45. The van der Waals surface area contributed by atoms with Gasteiger partial charge in [-0.2, -0.15) is 0 Å². The molecule has 0 aliphatic carbocycles. The van der Waals surface area contributed by atoms with Crippen LogP contribution in [-0.4, -0.2) is 30.3 Å². The summed E-state index contributed by atoms with van der Waals surface area (Å²) in [6.45, 7) is 1.39. The first-order chi connectivity index (χ1) is 13.2. The van der Waals surface area contributed by atoms with E-state index < -0.39 is 0 Å². The number of rotatable bonds is 9. The molecule has 1 heterocycles. The molecule has 0 bridgehead atoms. The molecule has 0 aliphatic rings. The maximum Gasteiger partial charge on any atom is 0.255 e. The maximum absolute atomic E-state index is 12.4. The summed E-state index contributed by atoms with van der Waals surface area (Å²) in [6, 6.07) is 10.5. The summed E-state index contributed by atoms with van der Waals surface area (Å²) in [4.78, 5) is 27.7. The van der Waals surface area contributed by atoms with E-state index in [2.05, 4.69) is 15.6 Å². The predicted octanol–water partition coefficient (Wildman–Crippen LogP) is 1.65. The second kappa shape index (κ2) is 10.5. The molecule has 7 heteroatoms. The fourth-order valence-corrected chi connectivity index (χ4v) is 2.32. The molecule has 2 aromatic rings. The number of nitrogens with one attached hydrogen (secondary N) is 2. The number of pyridine rings is 1. The topological polar surface area (TPSA) is 123 Å². The maximum atomic E-state index is 12.4. The number of hydrogen-bond acceptors (Lipinski definition) is 6. The molecule has 7 nitrogen and oxygen atoms in total. The van der Waals surface area contributed by atoms with Gasteiger partial charge in [-0.1, -0.05) is 0 Å². The molecule has 0 atom stereocenters. The molecular weight excluding hydrogens is 342 g/mol. The highest BCUT2D eigenvalue weighted by molar-refractivity contribution is 5.99. The molecule has 2 rings (SSSR count). The van der Waals surface area contributed by atoms with E-state index in [0.29, 0.717) is 24.0 Å². The highest BCUT2D eigenvalue weighted by Gasteiger charge is 2.09. The van der Waals surface area contributed by atoms with Crippen LogP contribution in [0.3, 0.4) is 0 Å². The van der Waals surface area contributed by atoms with E-state index in [0.717, 1.165) is 24.2 Å². The number of benzene rings is 1. The molecule has 0 unspecified atom stereocenters. The molecule has 140 valence electrons. The molecule has 1 amide bonds. The van der Waals surface area contributed by atoms with Gasteiger partial charge < -0.3 is 22.1 Å². The van der Waals surface area contributed by atoms with Gasteiger partial charge in [0.25, 0.3) is 5.91 Å². The van der Waals surface area contributed by atoms with Crippen LogP contribution in [0, 0.1) is 0 Å². The zero-order chi connectivity index (χ0) is 19.5. The van der Waals surface area contributed by atoms with E-state index in [-0.39, 0.29) is 11.6 Å². The normalized spacial score (nSPS) is 11.7. The van der Waals surface area contributed by atoms with Crippen LogP contribution in [0.4, 0.5) is 5.69 Å². The van der Waals surface area contributed by atoms with Crippen molar-refractivity contribution in [2.45, 2.75) is 6.42 Å². The predicted molar refractivity (Wildman–Crippen MR) is 107 cm³/mol. The number of aldehydes is 1. The molecule has 0 saturated heterocycles. The monoisotopic (exact) mass is 365 g/mol. The van der Waals surface area contributed by atoms with Gasteiger partial charge in [0, 0.05) is 36.4 Å². The van der Waals surface area contributed by atoms with Gasteiger partial charge in [0.05, 0.1) is 5.70 Å². The minimum absolute atomic E-state index is 0.110. The number of amides is 1. The van der Waals surface area contributed by atoms with Crippen molar-refractivity contribution < 1.29 is 9.59 Å². The summed E-state index contributed by atoms with van der Waals surface area (Å²) >= 11 is 0. The summed E-state index contributed by atoms with van der Waals surface area (Å²) in [6.07, 6.45) is 7.56. The zero-order valence-corrected chi connectivity index (χ0v) is 14.9. The van der Waals surface area contributed by atoms with Crippen molar-refractivity contribution in [2.24, 2.45) is 11.5 Å². The number of aromatic nitrogens is 1. The smallest absolute Gasteiger partial charge is 0.255 e. The molecule has 0 saturated carbocycles.